The Morgan fingerprint density at radius 2 is 2.42 bits per heavy atom. The number of likely N-dealkylation sites (N-methyl/N-ethyl adjacent to an activating group) is 1. The molecule has 1 saturated heterocycles. The van der Waals surface area contributed by atoms with Gasteiger partial charge in [0.15, 0.2) is 0 Å². The van der Waals surface area contributed by atoms with E-state index in [1.54, 1.807) is 0 Å². The summed E-state index contributed by atoms with van der Waals surface area (Å²) in [6, 6.07) is -0.888. The highest BCUT2D eigenvalue weighted by Crippen LogP contribution is 2.08. The molecule has 0 aliphatic carbocycles. The average molecular weight is 170 g/mol. The lowest BCUT2D eigenvalue weighted by molar-refractivity contribution is -0.118. The van der Waals surface area contributed by atoms with Crippen LogP contribution in [0.1, 0.15) is 6.42 Å². The molecule has 0 aromatic carbocycles. The monoisotopic (exact) mass is 170 g/mol. The fourth-order valence-corrected chi connectivity index (χ4v) is 1.05. The number of amidine groups is 1. The molecule has 1 aliphatic heterocycles. The van der Waals surface area contributed by atoms with Gasteiger partial charge in [-0.15, -0.1) is 0 Å². The highest BCUT2D eigenvalue weighted by atomic mass is 16.2. The Kier molecular flexibility index (Phi) is 1.99. The van der Waals surface area contributed by atoms with Crippen molar-refractivity contribution in [1.82, 2.24) is 10.2 Å². The number of hydrogen-bond donors (Lipinski definition) is 3. The Labute approximate surface area is 69.2 Å². The van der Waals surface area contributed by atoms with Gasteiger partial charge in [0.05, 0.1) is 12.5 Å². The Balaban J connectivity index is 2.70. The van der Waals surface area contributed by atoms with Gasteiger partial charge in [0.2, 0.25) is 5.91 Å². The molecule has 1 unspecified atom stereocenters. The molecule has 0 saturated carbocycles. The molecule has 6 heteroatoms. The zero-order valence-electron chi connectivity index (χ0n) is 6.63. The summed E-state index contributed by atoms with van der Waals surface area (Å²) < 4.78 is 0. The number of amides is 3. The first-order valence-electron chi connectivity index (χ1n) is 3.43. The van der Waals surface area contributed by atoms with Crippen molar-refractivity contribution in [3.05, 3.63) is 0 Å². The van der Waals surface area contributed by atoms with Gasteiger partial charge in [-0.2, -0.15) is 0 Å². The van der Waals surface area contributed by atoms with Crippen LogP contribution in [0.2, 0.25) is 0 Å². The minimum Gasteiger partial charge on any atom is -0.370 e. The van der Waals surface area contributed by atoms with E-state index in [1.165, 1.54) is 11.9 Å². The largest absolute Gasteiger partial charge is 0.370 e. The van der Waals surface area contributed by atoms with Crippen molar-refractivity contribution >= 4 is 17.8 Å². The Morgan fingerprint density at radius 1 is 1.83 bits per heavy atom. The van der Waals surface area contributed by atoms with Crippen LogP contribution in [0.15, 0.2) is 0 Å². The summed E-state index contributed by atoms with van der Waals surface area (Å²) in [6.45, 7) is 0. The topological polar surface area (TPSA) is 99.3 Å². The molecule has 4 N–H and O–H groups in total. The molecule has 6 nitrogen and oxygen atoms in total. The highest BCUT2D eigenvalue weighted by molar-refractivity contribution is 6.06. The van der Waals surface area contributed by atoms with Crippen molar-refractivity contribution < 1.29 is 9.59 Å². The van der Waals surface area contributed by atoms with Crippen LogP contribution in [-0.4, -0.2) is 35.8 Å². The summed E-state index contributed by atoms with van der Waals surface area (Å²) in [5.74, 6) is -0.491. The smallest absolute Gasteiger partial charge is 0.323 e. The van der Waals surface area contributed by atoms with Crippen molar-refractivity contribution in [1.29, 1.82) is 5.41 Å². The quantitative estimate of drug-likeness (QED) is 0.488. The van der Waals surface area contributed by atoms with Gasteiger partial charge in [-0.1, -0.05) is 0 Å². The van der Waals surface area contributed by atoms with Crippen molar-refractivity contribution in [2.24, 2.45) is 5.73 Å². The normalized spacial score (nSPS) is 22.8. The molecule has 3 amide bonds. The first-order chi connectivity index (χ1) is 5.52. The van der Waals surface area contributed by atoms with Crippen molar-refractivity contribution in [3.8, 4) is 0 Å². The number of nitrogens with one attached hydrogen (secondary N) is 2. The molecule has 0 spiro atoms. The van der Waals surface area contributed by atoms with E-state index in [1.807, 2.05) is 0 Å². The minimum absolute atomic E-state index is 0.00588. The fourth-order valence-electron chi connectivity index (χ4n) is 1.05. The maximum atomic E-state index is 10.9. The van der Waals surface area contributed by atoms with E-state index in [4.69, 9.17) is 11.1 Å². The summed E-state index contributed by atoms with van der Waals surface area (Å²) in [5, 5.41) is 9.56. The lowest BCUT2D eigenvalue weighted by Gasteiger charge is -2.14. The number of carbonyl (C=O) groups excluding carboxylic acids is 2. The molecule has 0 aromatic rings. The molecule has 1 heterocycles. The number of rotatable bonds is 2. The minimum atomic E-state index is -0.520. The second kappa shape index (κ2) is 2.80. The Hall–Kier alpha value is -1.59. The maximum absolute atomic E-state index is 10.9. The summed E-state index contributed by atoms with van der Waals surface area (Å²) in [4.78, 5) is 22.7. The maximum Gasteiger partial charge on any atom is 0.323 e. The predicted octanol–water partition coefficient (Wildman–Crippen LogP) is -1.14. The van der Waals surface area contributed by atoms with Crippen LogP contribution in [0, 0.1) is 5.41 Å². The SMILES string of the molecule is CN1C(=O)NC(=N)C1CC(N)=O. The fraction of sp³-hybridized carbons (Fsp3) is 0.500. The zero-order valence-corrected chi connectivity index (χ0v) is 6.63. The zero-order chi connectivity index (χ0) is 9.30. The predicted molar refractivity (Wildman–Crippen MR) is 41.6 cm³/mol. The molecule has 0 radical (unpaired) electrons. The number of nitrogens with two attached hydrogens (primary N) is 1. The summed E-state index contributed by atoms with van der Waals surface area (Å²) in [6.07, 6.45) is -0.00588. The summed E-state index contributed by atoms with van der Waals surface area (Å²) in [7, 11) is 1.52. The van der Waals surface area contributed by atoms with E-state index in [2.05, 4.69) is 5.32 Å². The van der Waals surface area contributed by atoms with Gasteiger partial charge in [-0.25, -0.2) is 4.79 Å². The number of nitrogens with zero attached hydrogens (tertiary/aromatic N) is 1. The summed E-state index contributed by atoms with van der Waals surface area (Å²) in [5.41, 5.74) is 4.94. The molecule has 0 bridgehead atoms. The van der Waals surface area contributed by atoms with Gasteiger partial charge in [0.1, 0.15) is 5.84 Å². The molecule has 1 rings (SSSR count). The van der Waals surface area contributed by atoms with Crippen LogP contribution in [0.25, 0.3) is 0 Å². The molecule has 12 heavy (non-hydrogen) atoms. The van der Waals surface area contributed by atoms with Gasteiger partial charge in [0.25, 0.3) is 0 Å². The summed E-state index contributed by atoms with van der Waals surface area (Å²) >= 11 is 0. The number of hydrogen-bond acceptors (Lipinski definition) is 3. The van der Waals surface area contributed by atoms with Crippen molar-refractivity contribution in [3.63, 3.8) is 0 Å². The van der Waals surface area contributed by atoms with Crippen LogP contribution < -0.4 is 11.1 Å². The average Bonchev–Trinajstić information content (AvgIpc) is 2.16. The van der Waals surface area contributed by atoms with Gasteiger partial charge >= 0.3 is 6.03 Å². The Morgan fingerprint density at radius 3 is 2.75 bits per heavy atom. The highest BCUT2D eigenvalue weighted by Gasteiger charge is 2.33. The van der Waals surface area contributed by atoms with E-state index in [0.717, 1.165) is 0 Å². The number of carbonyl (C=O) groups is 2. The van der Waals surface area contributed by atoms with Crippen LogP contribution in [-0.2, 0) is 4.79 Å². The lowest BCUT2D eigenvalue weighted by atomic mass is 10.2. The van der Waals surface area contributed by atoms with E-state index in [0.29, 0.717) is 0 Å². The second-order valence-electron chi connectivity index (χ2n) is 2.64. The third-order valence-electron chi connectivity index (χ3n) is 1.76. The molecule has 1 fully saturated rings. The van der Waals surface area contributed by atoms with Crippen LogP contribution in [0.4, 0.5) is 4.79 Å². The standard InChI is InChI=1S/C6H10N4O2/c1-10-3(2-4(7)11)5(8)9-6(10)12/h3H,2H2,1H3,(H2,7,11)(H2,8,9,12). The van der Waals surface area contributed by atoms with Crippen molar-refractivity contribution in [2.75, 3.05) is 7.05 Å². The van der Waals surface area contributed by atoms with Crippen LogP contribution in [0.5, 0.6) is 0 Å². The molecular formula is C6H10N4O2. The van der Waals surface area contributed by atoms with E-state index in [9.17, 15) is 9.59 Å². The van der Waals surface area contributed by atoms with Gasteiger partial charge in [-0.05, 0) is 0 Å². The van der Waals surface area contributed by atoms with Gasteiger partial charge in [-0.3, -0.25) is 15.5 Å². The lowest BCUT2D eigenvalue weighted by Crippen LogP contribution is -2.35. The first-order valence-corrected chi connectivity index (χ1v) is 3.43. The third kappa shape index (κ3) is 1.36. The first kappa shape index (κ1) is 8.51. The van der Waals surface area contributed by atoms with Gasteiger partial charge in [0, 0.05) is 7.05 Å². The molecular weight excluding hydrogens is 160 g/mol. The second-order valence-corrected chi connectivity index (χ2v) is 2.64. The molecule has 1 atom stereocenters. The molecule has 66 valence electrons. The third-order valence-corrected chi connectivity index (χ3v) is 1.76. The van der Waals surface area contributed by atoms with E-state index < -0.39 is 11.9 Å². The van der Waals surface area contributed by atoms with Crippen LogP contribution >= 0.6 is 0 Å². The van der Waals surface area contributed by atoms with Crippen LogP contribution in [0.3, 0.4) is 0 Å². The number of urea groups is 1. The van der Waals surface area contributed by atoms with E-state index >= 15 is 0 Å². The van der Waals surface area contributed by atoms with Gasteiger partial charge < -0.3 is 10.6 Å². The molecule has 0 aromatic heterocycles. The number of primary amides is 1. The molecule has 1 aliphatic rings. The van der Waals surface area contributed by atoms with Crippen molar-refractivity contribution in [2.45, 2.75) is 12.5 Å². The van der Waals surface area contributed by atoms with E-state index in [-0.39, 0.29) is 18.3 Å². The Bertz CT molecular complexity index is 250.